The summed E-state index contributed by atoms with van der Waals surface area (Å²) in [5.41, 5.74) is 3.78. The second kappa shape index (κ2) is 4.37. The molecular weight excluding hydrogens is 234 g/mol. The van der Waals surface area contributed by atoms with Crippen LogP contribution in [0.25, 0.3) is 16.3 Å². The number of carbonyl (C=O) groups is 1. The van der Waals surface area contributed by atoms with Crippen molar-refractivity contribution in [3.63, 3.8) is 0 Å². The fourth-order valence-electron chi connectivity index (χ4n) is 2.78. The Balaban J connectivity index is 2.33. The standard InChI is InChI=1S/C17H13NO/c1-11-13(8-9-17(11)19)16-7-6-12(10-18)14-4-2-3-5-15(14)16/h2-7H,8-9H2,1H3. The molecule has 0 saturated heterocycles. The molecule has 0 amide bonds. The van der Waals surface area contributed by atoms with E-state index in [2.05, 4.69) is 6.07 Å². The van der Waals surface area contributed by atoms with Crippen molar-refractivity contribution in [2.75, 3.05) is 0 Å². The van der Waals surface area contributed by atoms with Crippen molar-refractivity contribution < 1.29 is 4.79 Å². The highest BCUT2D eigenvalue weighted by Crippen LogP contribution is 2.36. The molecule has 19 heavy (non-hydrogen) atoms. The van der Waals surface area contributed by atoms with Gasteiger partial charge in [0.1, 0.15) is 0 Å². The summed E-state index contributed by atoms with van der Waals surface area (Å²) < 4.78 is 0. The SMILES string of the molecule is CC1=C(c2ccc(C#N)c3ccccc23)CCC1=O. The molecule has 3 rings (SSSR count). The summed E-state index contributed by atoms with van der Waals surface area (Å²) in [6, 6.07) is 13.9. The van der Waals surface area contributed by atoms with E-state index in [1.807, 2.05) is 43.3 Å². The van der Waals surface area contributed by atoms with Crippen LogP contribution in [0.4, 0.5) is 0 Å². The quantitative estimate of drug-likeness (QED) is 0.768. The van der Waals surface area contributed by atoms with Crippen molar-refractivity contribution in [1.82, 2.24) is 0 Å². The van der Waals surface area contributed by atoms with E-state index >= 15 is 0 Å². The molecule has 0 bridgehead atoms. The van der Waals surface area contributed by atoms with Crippen LogP contribution in [-0.2, 0) is 4.79 Å². The zero-order valence-corrected chi connectivity index (χ0v) is 10.7. The minimum atomic E-state index is 0.239. The predicted molar refractivity (Wildman–Crippen MR) is 75.5 cm³/mol. The predicted octanol–water partition coefficient (Wildman–Crippen LogP) is 3.85. The molecule has 1 aliphatic carbocycles. The summed E-state index contributed by atoms with van der Waals surface area (Å²) >= 11 is 0. The highest BCUT2D eigenvalue weighted by atomic mass is 16.1. The van der Waals surface area contributed by atoms with E-state index < -0.39 is 0 Å². The van der Waals surface area contributed by atoms with E-state index in [-0.39, 0.29) is 5.78 Å². The summed E-state index contributed by atoms with van der Waals surface area (Å²) in [6.07, 6.45) is 1.41. The highest BCUT2D eigenvalue weighted by Gasteiger charge is 2.21. The molecule has 2 aromatic rings. The summed E-state index contributed by atoms with van der Waals surface area (Å²) in [4.78, 5) is 11.7. The van der Waals surface area contributed by atoms with E-state index in [9.17, 15) is 4.79 Å². The molecule has 1 aliphatic rings. The first-order valence-corrected chi connectivity index (χ1v) is 6.37. The van der Waals surface area contributed by atoms with Crippen molar-refractivity contribution in [2.24, 2.45) is 0 Å². The second-order valence-electron chi connectivity index (χ2n) is 4.84. The van der Waals surface area contributed by atoms with Crippen LogP contribution in [0, 0.1) is 11.3 Å². The van der Waals surface area contributed by atoms with Crippen molar-refractivity contribution in [3.8, 4) is 6.07 Å². The molecular formula is C17H13NO. The Hall–Kier alpha value is -2.40. The zero-order chi connectivity index (χ0) is 13.4. The molecule has 2 heteroatoms. The smallest absolute Gasteiger partial charge is 0.159 e. The minimum absolute atomic E-state index is 0.239. The van der Waals surface area contributed by atoms with E-state index in [0.717, 1.165) is 33.9 Å². The first-order valence-electron chi connectivity index (χ1n) is 6.37. The number of allylic oxidation sites excluding steroid dienone is 2. The lowest BCUT2D eigenvalue weighted by molar-refractivity contribution is -0.114. The summed E-state index contributed by atoms with van der Waals surface area (Å²) in [6.45, 7) is 1.90. The maximum absolute atomic E-state index is 11.7. The first-order chi connectivity index (χ1) is 9.22. The average Bonchev–Trinajstić information content (AvgIpc) is 2.78. The summed E-state index contributed by atoms with van der Waals surface area (Å²) in [7, 11) is 0. The number of hydrogen-bond donors (Lipinski definition) is 0. The number of Topliss-reactive ketones (excluding diaryl/α,β-unsaturated/α-hetero) is 1. The van der Waals surface area contributed by atoms with Crippen LogP contribution in [0.1, 0.15) is 30.9 Å². The fourth-order valence-corrected chi connectivity index (χ4v) is 2.78. The van der Waals surface area contributed by atoms with Crippen LogP contribution in [0.15, 0.2) is 42.0 Å². The molecule has 0 aromatic heterocycles. The van der Waals surface area contributed by atoms with E-state index in [4.69, 9.17) is 5.26 Å². The summed E-state index contributed by atoms with van der Waals surface area (Å²) in [5.74, 6) is 0.239. The Kier molecular flexibility index (Phi) is 2.68. The van der Waals surface area contributed by atoms with Crippen molar-refractivity contribution >= 4 is 22.1 Å². The van der Waals surface area contributed by atoms with Gasteiger partial charge in [-0.05, 0) is 41.5 Å². The van der Waals surface area contributed by atoms with Crippen molar-refractivity contribution in [1.29, 1.82) is 5.26 Å². The van der Waals surface area contributed by atoms with Crippen molar-refractivity contribution in [3.05, 3.63) is 53.1 Å². The second-order valence-corrected chi connectivity index (χ2v) is 4.84. The molecule has 0 spiro atoms. The van der Waals surface area contributed by atoms with Crippen LogP contribution >= 0.6 is 0 Å². The van der Waals surface area contributed by atoms with Gasteiger partial charge in [-0.2, -0.15) is 5.26 Å². The Morgan fingerprint density at radius 2 is 1.79 bits per heavy atom. The van der Waals surface area contributed by atoms with Gasteiger partial charge in [-0.3, -0.25) is 4.79 Å². The third kappa shape index (κ3) is 1.75. The molecule has 92 valence electrons. The molecule has 2 nitrogen and oxygen atoms in total. The molecule has 0 saturated carbocycles. The number of benzene rings is 2. The molecule has 0 radical (unpaired) electrons. The van der Waals surface area contributed by atoms with Crippen LogP contribution in [0.3, 0.4) is 0 Å². The Labute approximate surface area is 112 Å². The van der Waals surface area contributed by atoms with E-state index in [0.29, 0.717) is 12.0 Å². The number of fused-ring (bicyclic) bond motifs is 1. The Morgan fingerprint density at radius 1 is 1.05 bits per heavy atom. The van der Waals surface area contributed by atoms with Crippen LogP contribution < -0.4 is 0 Å². The first kappa shape index (κ1) is 11.7. The van der Waals surface area contributed by atoms with Gasteiger partial charge in [-0.25, -0.2) is 0 Å². The molecule has 0 heterocycles. The van der Waals surface area contributed by atoms with Crippen LogP contribution in [0.2, 0.25) is 0 Å². The zero-order valence-electron chi connectivity index (χ0n) is 10.7. The van der Waals surface area contributed by atoms with Crippen LogP contribution in [-0.4, -0.2) is 5.78 Å². The lowest BCUT2D eigenvalue weighted by Gasteiger charge is -2.09. The maximum Gasteiger partial charge on any atom is 0.159 e. The lowest BCUT2D eigenvalue weighted by atomic mass is 9.94. The monoisotopic (exact) mass is 247 g/mol. The Morgan fingerprint density at radius 3 is 2.42 bits per heavy atom. The molecule has 0 atom stereocenters. The molecule has 0 fully saturated rings. The van der Waals surface area contributed by atoms with Crippen LogP contribution in [0.5, 0.6) is 0 Å². The normalized spacial score (nSPS) is 15.1. The molecule has 2 aromatic carbocycles. The Bertz CT molecular complexity index is 762. The number of hydrogen-bond acceptors (Lipinski definition) is 2. The maximum atomic E-state index is 11.7. The van der Waals surface area contributed by atoms with Gasteiger partial charge in [0.2, 0.25) is 0 Å². The summed E-state index contributed by atoms with van der Waals surface area (Å²) in [5, 5.41) is 11.2. The number of ketones is 1. The van der Waals surface area contributed by atoms with E-state index in [1.54, 1.807) is 0 Å². The number of nitriles is 1. The minimum Gasteiger partial charge on any atom is -0.295 e. The molecule has 0 unspecified atom stereocenters. The van der Waals surface area contributed by atoms with Gasteiger partial charge in [-0.15, -0.1) is 0 Å². The van der Waals surface area contributed by atoms with Gasteiger partial charge in [0.15, 0.2) is 5.78 Å². The number of carbonyl (C=O) groups excluding carboxylic acids is 1. The number of nitrogens with zero attached hydrogens (tertiary/aromatic N) is 1. The van der Waals surface area contributed by atoms with Gasteiger partial charge in [0, 0.05) is 11.8 Å². The average molecular weight is 247 g/mol. The number of rotatable bonds is 1. The van der Waals surface area contributed by atoms with Crippen molar-refractivity contribution in [2.45, 2.75) is 19.8 Å². The van der Waals surface area contributed by atoms with Gasteiger partial charge in [-0.1, -0.05) is 30.3 Å². The van der Waals surface area contributed by atoms with Gasteiger partial charge >= 0.3 is 0 Å². The fraction of sp³-hybridized carbons (Fsp3) is 0.176. The lowest BCUT2D eigenvalue weighted by Crippen LogP contribution is -1.92. The third-order valence-electron chi connectivity index (χ3n) is 3.84. The molecule has 0 N–H and O–H groups in total. The van der Waals surface area contributed by atoms with Gasteiger partial charge in [0.25, 0.3) is 0 Å². The van der Waals surface area contributed by atoms with E-state index in [1.165, 1.54) is 0 Å². The molecule has 0 aliphatic heterocycles. The highest BCUT2D eigenvalue weighted by molar-refractivity contribution is 6.10. The van der Waals surface area contributed by atoms with Gasteiger partial charge < -0.3 is 0 Å². The third-order valence-corrected chi connectivity index (χ3v) is 3.84. The largest absolute Gasteiger partial charge is 0.295 e. The topological polar surface area (TPSA) is 40.9 Å². The van der Waals surface area contributed by atoms with Gasteiger partial charge in [0.05, 0.1) is 11.6 Å².